The van der Waals surface area contributed by atoms with E-state index in [-0.39, 0.29) is 29.1 Å². The second-order valence-corrected chi connectivity index (χ2v) is 3.79. The Labute approximate surface area is 102 Å². The van der Waals surface area contributed by atoms with Crippen molar-refractivity contribution in [3.63, 3.8) is 0 Å². The summed E-state index contributed by atoms with van der Waals surface area (Å²) < 4.78 is 41.0. The van der Waals surface area contributed by atoms with Crippen LogP contribution >= 0.6 is 24.2 Å². The van der Waals surface area contributed by atoms with Gasteiger partial charge in [-0.25, -0.2) is 0 Å². The lowest BCUT2D eigenvalue weighted by atomic mass is 10.3. The van der Waals surface area contributed by atoms with Crippen molar-refractivity contribution in [1.29, 1.82) is 0 Å². The molecule has 0 aliphatic heterocycles. The highest BCUT2D eigenvalue weighted by Crippen LogP contribution is 2.37. The van der Waals surface area contributed by atoms with Crippen LogP contribution in [0.5, 0.6) is 5.75 Å². The summed E-state index contributed by atoms with van der Waals surface area (Å²) in [6, 6.07) is 5.71. The lowest BCUT2D eigenvalue weighted by molar-refractivity contribution is -0.0328. The first-order valence-electron chi connectivity index (χ1n) is 4.20. The third-order valence-electron chi connectivity index (χ3n) is 1.44. The van der Waals surface area contributed by atoms with Crippen LogP contribution in [0.3, 0.4) is 0 Å². The first-order chi connectivity index (χ1) is 7.01. The number of ether oxygens (including phenoxy) is 1. The van der Waals surface area contributed by atoms with Gasteiger partial charge in [0.05, 0.1) is 0 Å². The molecule has 92 valence electrons. The zero-order chi connectivity index (χ0) is 11.3. The molecule has 0 saturated heterocycles. The summed E-state index contributed by atoms with van der Waals surface area (Å²) in [5.74, 6) is 0.520. The molecule has 0 heterocycles. The average Bonchev–Trinajstić information content (AvgIpc) is 2.14. The van der Waals surface area contributed by atoms with E-state index in [1.807, 2.05) is 0 Å². The summed E-state index contributed by atoms with van der Waals surface area (Å²) in [7, 11) is 0. The molecule has 2 nitrogen and oxygen atoms in total. The van der Waals surface area contributed by atoms with Gasteiger partial charge in [-0.2, -0.15) is 13.2 Å². The Hall–Kier alpha value is -0.590. The Morgan fingerprint density at radius 3 is 2.19 bits per heavy atom. The van der Waals surface area contributed by atoms with Crippen molar-refractivity contribution in [3.05, 3.63) is 24.3 Å². The van der Waals surface area contributed by atoms with E-state index in [4.69, 9.17) is 10.5 Å². The standard InChI is InChI=1S/C9H10F3NOS.ClH/c10-9(11,12)15-8-3-1-7(2-4-8)14-6-5-13;/h1-4H,5-6,13H2;1H. The summed E-state index contributed by atoms with van der Waals surface area (Å²) in [5.41, 5.74) is 0.961. The lowest BCUT2D eigenvalue weighted by Crippen LogP contribution is -2.10. The van der Waals surface area contributed by atoms with E-state index in [0.717, 1.165) is 0 Å². The zero-order valence-electron chi connectivity index (χ0n) is 8.16. The molecule has 0 aromatic heterocycles. The number of alkyl halides is 3. The molecule has 0 saturated carbocycles. The highest BCUT2D eigenvalue weighted by Gasteiger charge is 2.28. The highest BCUT2D eigenvalue weighted by molar-refractivity contribution is 8.00. The van der Waals surface area contributed by atoms with Crippen LogP contribution in [0.4, 0.5) is 13.2 Å². The maximum absolute atomic E-state index is 12.0. The van der Waals surface area contributed by atoms with Crippen LogP contribution in [0.15, 0.2) is 29.2 Å². The van der Waals surface area contributed by atoms with Crippen LogP contribution in [0, 0.1) is 0 Å². The zero-order valence-corrected chi connectivity index (χ0v) is 9.79. The van der Waals surface area contributed by atoms with Crippen molar-refractivity contribution in [2.24, 2.45) is 5.73 Å². The molecular formula is C9H11ClF3NOS. The third-order valence-corrected chi connectivity index (χ3v) is 2.18. The van der Waals surface area contributed by atoms with Crippen molar-refractivity contribution >= 4 is 24.2 Å². The van der Waals surface area contributed by atoms with Crippen molar-refractivity contribution < 1.29 is 17.9 Å². The molecule has 0 amide bonds. The number of benzene rings is 1. The molecule has 0 spiro atoms. The van der Waals surface area contributed by atoms with E-state index < -0.39 is 5.51 Å². The fraction of sp³-hybridized carbons (Fsp3) is 0.333. The molecule has 1 aromatic rings. The molecular weight excluding hydrogens is 263 g/mol. The molecule has 0 atom stereocenters. The van der Waals surface area contributed by atoms with Gasteiger partial charge in [0.2, 0.25) is 0 Å². The summed E-state index contributed by atoms with van der Waals surface area (Å²) >= 11 is -0.147. The van der Waals surface area contributed by atoms with Gasteiger partial charge in [-0.05, 0) is 36.0 Å². The minimum absolute atomic E-state index is 0. The van der Waals surface area contributed by atoms with Crippen LogP contribution in [0.2, 0.25) is 0 Å². The predicted octanol–water partition coefficient (Wildman–Crippen LogP) is 3.06. The van der Waals surface area contributed by atoms with Gasteiger partial charge in [0.1, 0.15) is 12.4 Å². The molecule has 1 aromatic carbocycles. The smallest absolute Gasteiger partial charge is 0.446 e. The van der Waals surface area contributed by atoms with Crippen LogP contribution in [0.25, 0.3) is 0 Å². The van der Waals surface area contributed by atoms with Gasteiger partial charge in [0.15, 0.2) is 0 Å². The van der Waals surface area contributed by atoms with Crippen LogP contribution < -0.4 is 10.5 Å². The first kappa shape index (κ1) is 15.4. The SMILES string of the molecule is Cl.NCCOc1ccc(SC(F)(F)F)cc1. The normalized spacial score (nSPS) is 10.8. The monoisotopic (exact) mass is 273 g/mol. The summed E-state index contributed by atoms with van der Waals surface area (Å²) in [6.07, 6.45) is 0. The third kappa shape index (κ3) is 6.09. The molecule has 7 heteroatoms. The number of halogens is 4. The average molecular weight is 274 g/mol. The van der Waals surface area contributed by atoms with Crippen LogP contribution in [-0.4, -0.2) is 18.7 Å². The Kier molecular flexibility index (Phi) is 6.62. The van der Waals surface area contributed by atoms with E-state index in [2.05, 4.69) is 0 Å². The second kappa shape index (κ2) is 6.88. The molecule has 0 unspecified atom stereocenters. The molecule has 16 heavy (non-hydrogen) atoms. The van der Waals surface area contributed by atoms with Gasteiger partial charge in [-0.3, -0.25) is 0 Å². The minimum Gasteiger partial charge on any atom is -0.492 e. The number of nitrogens with two attached hydrogens (primary N) is 1. The first-order valence-corrected chi connectivity index (χ1v) is 5.01. The molecule has 2 N–H and O–H groups in total. The number of thioether (sulfide) groups is 1. The van der Waals surface area contributed by atoms with E-state index >= 15 is 0 Å². The highest BCUT2D eigenvalue weighted by atomic mass is 35.5. The van der Waals surface area contributed by atoms with E-state index in [9.17, 15) is 13.2 Å². The summed E-state index contributed by atoms with van der Waals surface area (Å²) in [6.45, 7) is 0.727. The van der Waals surface area contributed by atoms with Gasteiger partial charge in [0, 0.05) is 11.4 Å². The van der Waals surface area contributed by atoms with Crippen molar-refractivity contribution in [3.8, 4) is 5.75 Å². The van der Waals surface area contributed by atoms with Crippen molar-refractivity contribution in [1.82, 2.24) is 0 Å². The summed E-state index contributed by atoms with van der Waals surface area (Å²) in [5, 5.41) is 0. The largest absolute Gasteiger partial charge is 0.492 e. The van der Waals surface area contributed by atoms with Crippen LogP contribution in [0.1, 0.15) is 0 Å². The fourth-order valence-electron chi connectivity index (χ4n) is 0.914. The Morgan fingerprint density at radius 2 is 1.75 bits per heavy atom. The molecule has 1 rings (SSSR count). The molecule has 0 aliphatic rings. The minimum atomic E-state index is -4.25. The fourth-order valence-corrected chi connectivity index (χ4v) is 1.45. The maximum Gasteiger partial charge on any atom is 0.446 e. The Bertz CT molecular complexity index is 305. The van der Waals surface area contributed by atoms with Gasteiger partial charge < -0.3 is 10.5 Å². The topological polar surface area (TPSA) is 35.2 Å². The number of rotatable bonds is 4. The lowest BCUT2D eigenvalue weighted by Gasteiger charge is -2.07. The van der Waals surface area contributed by atoms with Gasteiger partial charge in [-0.15, -0.1) is 12.4 Å². The van der Waals surface area contributed by atoms with Crippen molar-refractivity contribution in [2.45, 2.75) is 10.4 Å². The van der Waals surface area contributed by atoms with Gasteiger partial charge >= 0.3 is 5.51 Å². The predicted molar refractivity (Wildman–Crippen MR) is 60.2 cm³/mol. The van der Waals surface area contributed by atoms with E-state index in [0.29, 0.717) is 18.9 Å². The molecule has 0 bridgehead atoms. The van der Waals surface area contributed by atoms with E-state index in [1.54, 1.807) is 0 Å². The van der Waals surface area contributed by atoms with E-state index in [1.165, 1.54) is 24.3 Å². The Balaban J connectivity index is 0.00000225. The number of hydrogen-bond acceptors (Lipinski definition) is 3. The second-order valence-electron chi connectivity index (χ2n) is 2.66. The molecule has 0 radical (unpaired) electrons. The summed E-state index contributed by atoms with van der Waals surface area (Å²) in [4.78, 5) is 0.141. The maximum atomic E-state index is 12.0. The van der Waals surface area contributed by atoms with Crippen molar-refractivity contribution in [2.75, 3.05) is 13.2 Å². The van der Waals surface area contributed by atoms with Crippen LogP contribution in [-0.2, 0) is 0 Å². The van der Waals surface area contributed by atoms with Gasteiger partial charge in [0.25, 0.3) is 0 Å². The molecule has 0 aliphatic carbocycles. The van der Waals surface area contributed by atoms with Gasteiger partial charge in [-0.1, -0.05) is 0 Å². The number of hydrogen-bond donors (Lipinski definition) is 1. The Morgan fingerprint density at radius 1 is 1.19 bits per heavy atom. The molecule has 0 fully saturated rings. The quantitative estimate of drug-likeness (QED) is 0.857.